The standard InChI is InChI=1S/C18H25ClN6O.HI/c1-12-13(10-22-24-12)9-21-18(20-2)23-15-6-7-25(11-15)16-8-14(19)4-5-17(16)26-3;/h4-5,8,10,15H,6-7,9,11H2,1-3H3,(H,22,24)(H2,20,21,23);1H. The molecular weight excluding hydrogens is 479 g/mol. The zero-order chi connectivity index (χ0) is 18.5. The molecule has 2 aromatic rings. The average Bonchev–Trinajstić information content (AvgIpc) is 3.27. The number of halogens is 2. The fourth-order valence-corrected chi connectivity index (χ4v) is 3.29. The molecule has 1 atom stereocenters. The summed E-state index contributed by atoms with van der Waals surface area (Å²) in [4.78, 5) is 6.61. The van der Waals surface area contributed by atoms with E-state index in [2.05, 4.69) is 30.7 Å². The van der Waals surface area contributed by atoms with Crippen molar-refractivity contribution in [3.8, 4) is 5.75 Å². The molecule has 7 nitrogen and oxygen atoms in total. The van der Waals surface area contributed by atoms with Crippen molar-refractivity contribution in [1.29, 1.82) is 0 Å². The molecule has 148 valence electrons. The summed E-state index contributed by atoms with van der Waals surface area (Å²) in [5.74, 6) is 1.63. The number of nitrogens with one attached hydrogen (secondary N) is 3. The van der Waals surface area contributed by atoms with E-state index in [1.165, 1.54) is 0 Å². The minimum absolute atomic E-state index is 0. The average molecular weight is 505 g/mol. The van der Waals surface area contributed by atoms with Gasteiger partial charge in [0.15, 0.2) is 5.96 Å². The van der Waals surface area contributed by atoms with Gasteiger partial charge in [-0.3, -0.25) is 10.1 Å². The number of anilines is 1. The number of hydrogen-bond acceptors (Lipinski definition) is 4. The lowest BCUT2D eigenvalue weighted by molar-refractivity contribution is 0.415. The van der Waals surface area contributed by atoms with Gasteiger partial charge in [-0.25, -0.2) is 0 Å². The minimum atomic E-state index is 0. The van der Waals surface area contributed by atoms with Crippen LogP contribution in [-0.2, 0) is 6.54 Å². The van der Waals surface area contributed by atoms with E-state index in [1.54, 1.807) is 14.2 Å². The van der Waals surface area contributed by atoms with Crippen LogP contribution >= 0.6 is 35.6 Å². The summed E-state index contributed by atoms with van der Waals surface area (Å²) in [7, 11) is 3.46. The third-order valence-electron chi connectivity index (χ3n) is 4.61. The highest BCUT2D eigenvalue weighted by molar-refractivity contribution is 14.0. The summed E-state index contributed by atoms with van der Waals surface area (Å²) >= 11 is 6.16. The first kappa shape index (κ1) is 21.6. The Morgan fingerprint density at radius 3 is 2.96 bits per heavy atom. The summed E-state index contributed by atoms with van der Waals surface area (Å²) in [5.41, 5.74) is 3.22. The lowest BCUT2D eigenvalue weighted by Gasteiger charge is -2.22. The normalized spacial score (nSPS) is 16.8. The monoisotopic (exact) mass is 504 g/mol. The van der Waals surface area contributed by atoms with Gasteiger partial charge in [-0.15, -0.1) is 24.0 Å². The Morgan fingerprint density at radius 2 is 2.30 bits per heavy atom. The topological polar surface area (TPSA) is 77.6 Å². The molecule has 0 amide bonds. The number of H-pyrrole nitrogens is 1. The highest BCUT2D eigenvalue weighted by Gasteiger charge is 2.25. The van der Waals surface area contributed by atoms with Gasteiger partial charge in [0.2, 0.25) is 0 Å². The van der Waals surface area contributed by atoms with Gasteiger partial charge in [0.05, 0.1) is 19.0 Å². The van der Waals surface area contributed by atoms with E-state index in [0.29, 0.717) is 17.6 Å². The number of aryl methyl sites for hydroxylation is 1. The predicted octanol–water partition coefficient (Wildman–Crippen LogP) is 2.94. The first-order valence-corrected chi connectivity index (χ1v) is 9.03. The summed E-state index contributed by atoms with van der Waals surface area (Å²) < 4.78 is 5.48. The molecule has 1 aromatic carbocycles. The lowest BCUT2D eigenvalue weighted by atomic mass is 10.2. The number of guanidine groups is 1. The van der Waals surface area contributed by atoms with E-state index in [4.69, 9.17) is 16.3 Å². The number of aromatic nitrogens is 2. The summed E-state index contributed by atoms with van der Waals surface area (Å²) in [6, 6.07) is 6.01. The first-order chi connectivity index (χ1) is 12.6. The van der Waals surface area contributed by atoms with E-state index < -0.39 is 0 Å². The van der Waals surface area contributed by atoms with Crippen LogP contribution in [0.3, 0.4) is 0 Å². The second-order valence-electron chi connectivity index (χ2n) is 6.34. The van der Waals surface area contributed by atoms with Gasteiger partial charge >= 0.3 is 0 Å². The Hall–Kier alpha value is -1.68. The highest BCUT2D eigenvalue weighted by Crippen LogP contribution is 2.33. The van der Waals surface area contributed by atoms with Crippen molar-refractivity contribution in [2.24, 2.45) is 4.99 Å². The maximum absolute atomic E-state index is 6.16. The molecule has 3 N–H and O–H groups in total. The van der Waals surface area contributed by atoms with E-state index in [-0.39, 0.29) is 24.0 Å². The maximum atomic E-state index is 6.16. The molecule has 0 radical (unpaired) electrons. The van der Waals surface area contributed by atoms with Crippen LogP contribution in [0.2, 0.25) is 5.02 Å². The van der Waals surface area contributed by atoms with E-state index >= 15 is 0 Å². The Balaban J connectivity index is 0.00000261. The number of aliphatic imine (C=N–C) groups is 1. The summed E-state index contributed by atoms with van der Waals surface area (Å²) in [6.07, 6.45) is 2.85. The number of hydrogen-bond donors (Lipinski definition) is 3. The SMILES string of the molecule is CN=C(NCc1cn[nH]c1C)NC1CCN(c2cc(Cl)ccc2OC)C1.I. The van der Waals surface area contributed by atoms with E-state index in [0.717, 1.165) is 48.2 Å². The quantitative estimate of drug-likeness (QED) is 0.332. The highest BCUT2D eigenvalue weighted by atomic mass is 127. The smallest absolute Gasteiger partial charge is 0.191 e. The molecule has 1 unspecified atom stereocenters. The minimum Gasteiger partial charge on any atom is -0.495 e. The van der Waals surface area contributed by atoms with Crippen LogP contribution in [-0.4, -0.2) is 49.4 Å². The van der Waals surface area contributed by atoms with Crippen LogP contribution in [0.1, 0.15) is 17.7 Å². The van der Waals surface area contributed by atoms with Crippen LogP contribution < -0.4 is 20.3 Å². The van der Waals surface area contributed by atoms with Crippen molar-refractivity contribution in [2.75, 3.05) is 32.1 Å². The lowest BCUT2D eigenvalue weighted by Crippen LogP contribution is -2.44. The summed E-state index contributed by atoms with van der Waals surface area (Å²) in [5, 5.41) is 14.5. The van der Waals surface area contributed by atoms with Gasteiger partial charge in [0, 0.05) is 49.0 Å². The van der Waals surface area contributed by atoms with Crippen molar-refractivity contribution in [3.05, 3.63) is 40.7 Å². The molecule has 1 aliphatic heterocycles. The van der Waals surface area contributed by atoms with Gasteiger partial charge in [-0.2, -0.15) is 5.10 Å². The zero-order valence-electron chi connectivity index (χ0n) is 15.8. The maximum Gasteiger partial charge on any atom is 0.191 e. The van der Waals surface area contributed by atoms with Gasteiger partial charge in [0.1, 0.15) is 5.75 Å². The van der Waals surface area contributed by atoms with Crippen molar-refractivity contribution in [3.63, 3.8) is 0 Å². The molecule has 2 heterocycles. The summed E-state index contributed by atoms with van der Waals surface area (Å²) in [6.45, 7) is 4.49. The van der Waals surface area contributed by atoms with Crippen LogP contribution in [0.15, 0.2) is 29.4 Å². The zero-order valence-corrected chi connectivity index (χ0v) is 18.8. The number of methoxy groups -OCH3 is 1. The fraction of sp³-hybridized carbons (Fsp3) is 0.444. The molecule has 1 saturated heterocycles. The molecule has 27 heavy (non-hydrogen) atoms. The van der Waals surface area contributed by atoms with Gasteiger partial charge in [-0.1, -0.05) is 11.6 Å². The third-order valence-corrected chi connectivity index (χ3v) is 4.85. The molecule has 0 saturated carbocycles. The van der Waals surface area contributed by atoms with Gasteiger partial charge < -0.3 is 20.3 Å². The van der Waals surface area contributed by atoms with Crippen molar-refractivity contribution in [2.45, 2.75) is 25.9 Å². The Labute approximate surface area is 181 Å². The number of ether oxygens (including phenoxy) is 1. The fourth-order valence-electron chi connectivity index (χ4n) is 3.13. The van der Waals surface area contributed by atoms with E-state index in [9.17, 15) is 0 Å². The molecule has 3 rings (SSSR count). The molecule has 1 aromatic heterocycles. The third kappa shape index (κ3) is 5.41. The Bertz CT molecular complexity index is 781. The second-order valence-corrected chi connectivity index (χ2v) is 6.77. The number of aromatic amines is 1. The molecule has 9 heteroatoms. The molecule has 0 bridgehead atoms. The van der Waals surface area contributed by atoms with Crippen molar-refractivity contribution < 1.29 is 4.74 Å². The first-order valence-electron chi connectivity index (χ1n) is 8.65. The van der Waals surface area contributed by atoms with Crippen LogP contribution in [0.25, 0.3) is 0 Å². The molecule has 0 spiro atoms. The van der Waals surface area contributed by atoms with Crippen LogP contribution in [0.4, 0.5) is 5.69 Å². The largest absolute Gasteiger partial charge is 0.495 e. The van der Waals surface area contributed by atoms with Gasteiger partial charge in [-0.05, 0) is 31.5 Å². The van der Waals surface area contributed by atoms with Crippen molar-refractivity contribution >= 4 is 47.2 Å². The van der Waals surface area contributed by atoms with Crippen molar-refractivity contribution in [1.82, 2.24) is 20.8 Å². The molecule has 0 aliphatic carbocycles. The Morgan fingerprint density at radius 1 is 1.48 bits per heavy atom. The second kappa shape index (κ2) is 10.0. The Kier molecular flexibility index (Phi) is 8.03. The molecule has 1 aliphatic rings. The van der Waals surface area contributed by atoms with Crippen LogP contribution in [0, 0.1) is 6.92 Å². The van der Waals surface area contributed by atoms with E-state index in [1.807, 2.05) is 31.3 Å². The number of rotatable bonds is 5. The molecular formula is C18H26ClIN6O. The van der Waals surface area contributed by atoms with Gasteiger partial charge in [0.25, 0.3) is 0 Å². The molecule has 1 fully saturated rings. The van der Waals surface area contributed by atoms with Crippen LogP contribution in [0.5, 0.6) is 5.75 Å². The number of nitrogens with zero attached hydrogens (tertiary/aromatic N) is 3. The predicted molar refractivity (Wildman–Crippen MR) is 121 cm³/mol. The number of benzene rings is 1.